The highest BCUT2D eigenvalue weighted by atomic mass is 19.3. The third-order valence-corrected chi connectivity index (χ3v) is 4.03. The quantitative estimate of drug-likeness (QED) is 0.623. The number of aryl methyl sites for hydroxylation is 3. The molecule has 0 aliphatic carbocycles. The minimum absolute atomic E-state index is 0.114. The fourth-order valence-corrected chi connectivity index (χ4v) is 2.84. The Kier molecular flexibility index (Phi) is 6.11. The Morgan fingerprint density at radius 1 is 1.07 bits per heavy atom. The average molecular weight is 401 g/mol. The molecule has 0 atom stereocenters. The van der Waals surface area contributed by atoms with E-state index in [2.05, 4.69) is 15.2 Å². The van der Waals surface area contributed by atoms with Crippen molar-refractivity contribution >= 4 is 11.6 Å². The van der Waals surface area contributed by atoms with Crippen molar-refractivity contribution in [2.24, 2.45) is 0 Å². The Bertz CT molecular complexity index is 998. The first kappa shape index (κ1) is 20.3. The minimum atomic E-state index is -2.99. The van der Waals surface area contributed by atoms with Crippen molar-refractivity contribution < 1.29 is 23.0 Å². The van der Waals surface area contributed by atoms with Gasteiger partial charge in [0.1, 0.15) is 11.5 Å². The largest absolute Gasteiger partial charge is 0.471 e. The van der Waals surface area contributed by atoms with Gasteiger partial charge >= 0.3 is 6.61 Å². The van der Waals surface area contributed by atoms with Crippen LogP contribution in [0.4, 0.5) is 14.5 Å². The predicted molar refractivity (Wildman–Crippen MR) is 105 cm³/mol. The van der Waals surface area contributed by atoms with Gasteiger partial charge in [-0.05, 0) is 67.8 Å². The standard InChI is InChI=1S/C21H21F2N3O3/c1-13-4-5-19(29-21(22)23)18(11-13)24-20(27)17-6-7-26(25-17)12-28-16-9-14(2)8-15(3)10-16/h4-11,21H,12H2,1-3H3,(H,24,27). The highest BCUT2D eigenvalue weighted by molar-refractivity contribution is 6.03. The number of rotatable bonds is 7. The molecule has 1 aromatic heterocycles. The van der Waals surface area contributed by atoms with Crippen molar-refractivity contribution in [2.75, 3.05) is 5.32 Å². The van der Waals surface area contributed by atoms with Crippen LogP contribution in [0.5, 0.6) is 11.5 Å². The number of nitrogens with zero attached hydrogens (tertiary/aromatic N) is 2. The molecule has 0 radical (unpaired) electrons. The van der Waals surface area contributed by atoms with Gasteiger partial charge in [-0.2, -0.15) is 13.9 Å². The van der Waals surface area contributed by atoms with Crippen molar-refractivity contribution in [3.63, 3.8) is 0 Å². The monoisotopic (exact) mass is 401 g/mol. The molecule has 3 rings (SSSR count). The maximum Gasteiger partial charge on any atom is 0.387 e. The van der Waals surface area contributed by atoms with Gasteiger partial charge in [-0.3, -0.25) is 4.79 Å². The lowest BCUT2D eigenvalue weighted by Crippen LogP contribution is -2.16. The molecule has 0 aliphatic rings. The average Bonchev–Trinajstić information content (AvgIpc) is 3.10. The molecule has 29 heavy (non-hydrogen) atoms. The van der Waals surface area contributed by atoms with Crippen LogP contribution in [0.15, 0.2) is 48.7 Å². The van der Waals surface area contributed by atoms with E-state index in [1.165, 1.54) is 16.8 Å². The van der Waals surface area contributed by atoms with E-state index >= 15 is 0 Å². The number of alkyl halides is 2. The normalized spacial score (nSPS) is 10.8. The second kappa shape index (κ2) is 8.72. The number of amides is 1. The first-order valence-corrected chi connectivity index (χ1v) is 8.91. The molecule has 6 nitrogen and oxygen atoms in total. The molecule has 152 valence electrons. The second-order valence-corrected chi connectivity index (χ2v) is 6.67. The van der Waals surface area contributed by atoms with Crippen molar-refractivity contribution in [2.45, 2.75) is 34.1 Å². The van der Waals surface area contributed by atoms with Gasteiger partial charge in [0.25, 0.3) is 5.91 Å². The van der Waals surface area contributed by atoms with Crippen LogP contribution in [0.2, 0.25) is 0 Å². The highest BCUT2D eigenvalue weighted by Crippen LogP contribution is 2.27. The molecule has 0 saturated carbocycles. The first-order valence-electron chi connectivity index (χ1n) is 8.91. The lowest BCUT2D eigenvalue weighted by atomic mass is 10.1. The molecule has 3 aromatic rings. The summed E-state index contributed by atoms with van der Waals surface area (Å²) >= 11 is 0. The molecule has 1 heterocycles. The molecule has 0 fully saturated rings. The van der Waals surface area contributed by atoms with E-state index in [0.29, 0.717) is 5.75 Å². The predicted octanol–water partition coefficient (Wildman–Crippen LogP) is 4.70. The van der Waals surface area contributed by atoms with Crippen molar-refractivity contribution in [1.29, 1.82) is 0 Å². The van der Waals surface area contributed by atoms with E-state index in [1.54, 1.807) is 25.3 Å². The third-order valence-electron chi connectivity index (χ3n) is 4.03. The fourth-order valence-electron chi connectivity index (χ4n) is 2.84. The van der Waals surface area contributed by atoms with Gasteiger partial charge in [0.05, 0.1) is 5.69 Å². The zero-order valence-electron chi connectivity index (χ0n) is 16.3. The number of halogens is 2. The van der Waals surface area contributed by atoms with E-state index in [9.17, 15) is 13.6 Å². The van der Waals surface area contributed by atoms with Crippen molar-refractivity contribution in [3.05, 3.63) is 71.0 Å². The Hall–Kier alpha value is -3.42. The van der Waals surface area contributed by atoms with E-state index in [-0.39, 0.29) is 23.9 Å². The first-order chi connectivity index (χ1) is 13.8. The van der Waals surface area contributed by atoms with Crippen LogP contribution in [0.3, 0.4) is 0 Å². The summed E-state index contributed by atoms with van der Waals surface area (Å²) in [6, 6.07) is 11.9. The van der Waals surface area contributed by atoms with Gasteiger partial charge in [-0.15, -0.1) is 0 Å². The van der Waals surface area contributed by atoms with Crippen molar-refractivity contribution in [1.82, 2.24) is 9.78 Å². The molecule has 0 unspecified atom stereocenters. The van der Waals surface area contributed by atoms with Gasteiger partial charge in [0.15, 0.2) is 12.4 Å². The number of hydrogen-bond acceptors (Lipinski definition) is 4. The number of aromatic nitrogens is 2. The van der Waals surface area contributed by atoms with Gasteiger partial charge in [-0.1, -0.05) is 12.1 Å². The Morgan fingerprint density at radius 3 is 2.48 bits per heavy atom. The Balaban J connectivity index is 1.67. The zero-order valence-corrected chi connectivity index (χ0v) is 16.3. The molecule has 0 spiro atoms. The molecule has 1 N–H and O–H groups in total. The summed E-state index contributed by atoms with van der Waals surface area (Å²) in [5.74, 6) is 0.0500. The third kappa shape index (κ3) is 5.54. The maximum absolute atomic E-state index is 12.6. The van der Waals surface area contributed by atoms with Crippen LogP contribution >= 0.6 is 0 Å². The van der Waals surface area contributed by atoms with E-state index < -0.39 is 12.5 Å². The Morgan fingerprint density at radius 2 is 1.79 bits per heavy atom. The molecule has 0 aliphatic heterocycles. The SMILES string of the molecule is Cc1cc(C)cc(OCn2ccc(C(=O)Nc3cc(C)ccc3OC(F)F)n2)c1. The van der Waals surface area contributed by atoms with E-state index in [0.717, 1.165) is 16.7 Å². The van der Waals surface area contributed by atoms with Crippen molar-refractivity contribution in [3.8, 4) is 11.5 Å². The van der Waals surface area contributed by atoms with Gasteiger partial charge < -0.3 is 14.8 Å². The van der Waals surface area contributed by atoms with E-state index in [4.69, 9.17) is 4.74 Å². The summed E-state index contributed by atoms with van der Waals surface area (Å²) in [5.41, 5.74) is 3.23. The minimum Gasteiger partial charge on any atom is -0.471 e. The molecule has 0 saturated heterocycles. The van der Waals surface area contributed by atoms with Gasteiger partial charge in [0.2, 0.25) is 0 Å². The number of carbonyl (C=O) groups is 1. The molecule has 2 aromatic carbocycles. The van der Waals surface area contributed by atoms with Crippen LogP contribution in [0.25, 0.3) is 0 Å². The van der Waals surface area contributed by atoms with Crippen LogP contribution in [-0.4, -0.2) is 22.3 Å². The number of hydrogen-bond donors (Lipinski definition) is 1. The lowest BCUT2D eigenvalue weighted by molar-refractivity contribution is -0.0493. The number of nitrogens with one attached hydrogen (secondary N) is 1. The number of carbonyl (C=O) groups excluding carboxylic acids is 1. The zero-order chi connectivity index (χ0) is 21.0. The van der Waals surface area contributed by atoms with Gasteiger partial charge in [-0.25, -0.2) is 4.68 Å². The summed E-state index contributed by atoms with van der Waals surface area (Å²) in [7, 11) is 0. The smallest absolute Gasteiger partial charge is 0.387 e. The fraction of sp³-hybridized carbons (Fsp3) is 0.238. The summed E-state index contributed by atoms with van der Waals surface area (Å²) in [6.07, 6.45) is 1.60. The summed E-state index contributed by atoms with van der Waals surface area (Å²) in [6.45, 7) is 2.87. The maximum atomic E-state index is 12.6. The van der Waals surface area contributed by atoms with Gasteiger partial charge in [0, 0.05) is 6.20 Å². The number of ether oxygens (including phenoxy) is 2. The summed E-state index contributed by atoms with van der Waals surface area (Å²) in [5, 5.41) is 6.73. The van der Waals surface area contributed by atoms with Crippen LogP contribution in [-0.2, 0) is 6.73 Å². The molecule has 1 amide bonds. The topological polar surface area (TPSA) is 65.4 Å². The number of anilines is 1. The summed E-state index contributed by atoms with van der Waals surface area (Å²) < 4.78 is 36.8. The Labute approximate surface area is 167 Å². The van der Waals surface area contributed by atoms with Crippen LogP contribution in [0.1, 0.15) is 27.2 Å². The molecular formula is C21H21F2N3O3. The molecule has 8 heteroatoms. The lowest BCUT2D eigenvalue weighted by Gasteiger charge is -2.12. The molecule has 0 bridgehead atoms. The number of benzene rings is 2. The highest BCUT2D eigenvalue weighted by Gasteiger charge is 2.15. The molecular weight excluding hydrogens is 380 g/mol. The summed E-state index contributed by atoms with van der Waals surface area (Å²) in [4.78, 5) is 12.5. The van der Waals surface area contributed by atoms with Crippen LogP contribution in [0, 0.1) is 20.8 Å². The second-order valence-electron chi connectivity index (χ2n) is 6.67. The van der Waals surface area contributed by atoms with E-state index in [1.807, 2.05) is 32.0 Å². The van der Waals surface area contributed by atoms with Crippen LogP contribution < -0.4 is 14.8 Å².